The highest BCUT2D eigenvalue weighted by Gasteiger charge is 2.23. The summed E-state index contributed by atoms with van der Waals surface area (Å²) in [5.41, 5.74) is 5.49. The average molecular weight is 430 g/mol. The Bertz CT molecular complexity index is 1290. The molecule has 0 unspecified atom stereocenters. The van der Waals surface area contributed by atoms with E-state index in [1.54, 1.807) is 11.6 Å². The van der Waals surface area contributed by atoms with Gasteiger partial charge in [0.05, 0.1) is 23.4 Å². The fraction of sp³-hybridized carbons (Fsp3) is 0.360. The molecule has 0 radical (unpaired) electrons. The van der Waals surface area contributed by atoms with Crippen molar-refractivity contribution >= 4 is 11.0 Å². The summed E-state index contributed by atoms with van der Waals surface area (Å²) in [5, 5.41) is 0. The van der Waals surface area contributed by atoms with Gasteiger partial charge in [-0.1, -0.05) is 6.07 Å². The first-order valence-electron chi connectivity index (χ1n) is 11.1. The highest BCUT2D eigenvalue weighted by molar-refractivity contribution is 5.81. The monoisotopic (exact) mass is 429 g/mol. The number of hydrogen-bond donors (Lipinski definition) is 0. The van der Waals surface area contributed by atoms with Crippen molar-refractivity contribution in [1.29, 1.82) is 0 Å². The van der Waals surface area contributed by atoms with Crippen LogP contribution in [-0.2, 0) is 11.8 Å². The number of aromatic nitrogens is 5. The lowest BCUT2D eigenvalue weighted by Crippen LogP contribution is -2.19. The molecule has 5 heterocycles. The lowest BCUT2D eigenvalue weighted by Gasteiger charge is -2.22. The molecule has 1 aliphatic rings. The molecule has 164 valence electrons. The number of ether oxygens (including phenoxy) is 1. The smallest absolute Gasteiger partial charge is 0.253 e. The molecule has 0 aliphatic carbocycles. The first-order chi connectivity index (χ1) is 15.5. The van der Waals surface area contributed by atoms with E-state index in [-0.39, 0.29) is 11.6 Å². The first kappa shape index (κ1) is 20.6. The Morgan fingerprint density at radius 2 is 1.97 bits per heavy atom. The molecule has 1 saturated heterocycles. The van der Waals surface area contributed by atoms with Crippen LogP contribution in [-0.4, -0.2) is 37.3 Å². The first-order valence-corrected chi connectivity index (χ1v) is 11.1. The van der Waals surface area contributed by atoms with Crippen LogP contribution >= 0.6 is 0 Å². The maximum Gasteiger partial charge on any atom is 0.253 e. The Morgan fingerprint density at radius 3 is 2.69 bits per heavy atom. The molecule has 0 saturated carbocycles. The van der Waals surface area contributed by atoms with Crippen LogP contribution in [0.15, 0.2) is 53.7 Å². The normalized spacial score (nSPS) is 15.8. The number of rotatable bonds is 4. The summed E-state index contributed by atoms with van der Waals surface area (Å²) in [6.07, 6.45) is 7.51. The van der Waals surface area contributed by atoms with E-state index in [9.17, 15) is 4.79 Å². The SMILES string of the molecule is Cc1cc(-c2nc3cnc(C4CCOCC4)cc3n2[C@@H](C)c2ccccn2)cn(C)c1=O. The second-order valence-corrected chi connectivity index (χ2v) is 8.55. The van der Waals surface area contributed by atoms with Crippen LogP contribution in [0.2, 0.25) is 0 Å². The minimum absolute atomic E-state index is 0.00217. The summed E-state index contributed by atoms with van der Waals surface area (Å²) < 4.78 is 9.38. The van der Waals surface area contributed by atoms with E-state index in [1.165, 1.54) is 0 Å². The minimum Gasteiger partial charge on any atom is -0.381 e. The lowest BCUT2D eigenvalue weighted by molar-refractivity contribution is 0.0845. The zero-order valence-electron chi connectivity index (χ0n) is 18.7. The van der Waals surface area contributed by atoms with Gasteiger partial charge in [-0.2, -0.15) is 0 Å². The van der Waals surface area contributed by atoms with Gasteiger partial charge in [0, 0.05) is 55.4 Å². The van der Waals surface area contributed by atoms with Crippen molar-refractivity contribution < 1.29 is 4.74 Å². The van der Waals surface area contributed by atoms with Crippen molar-refractivity contribution in [2.45, 2.75) is 38.6 Å². The third-order valence-electron chi connectivity index (χ3n) is 6.36. The van der Waals surface area contributed by atoms with E-state index in [4.69, 9.17) is 14.7 Å². The molecule has 0 spiro atoms. The summed E-state index contributed by atoms with van der Waals surface area (Å²) >= 11 is 0. The molecule has 1 fully saturated rings. The Hall–Kier alpha value is -3.32. The number of nitrogens with zero attached hydrogens (tertiary/aromatic N) is 5. The summed E-state index contributed by atoms with van der Waals surface area (Å²) in [5.74, 6) is 1.20. The summed E-state index contributed by atoms with van der Waals surface area (Å²) in [6.45, 7) is 5.52. The largest absolute Gasteiger partial charge is 0.381 e. The van der Waals surface area contributed by atoms with Gasteiger partial charge in [0.1, 0.15) is 11.3 Å². The second kappa shape index (κ2) is 8.31. The van der Waals surface area contributed by atoms with Crippen molar-refractivity contribution in [3.05, 3.63) is 76.2 Å². The molecule has 1 aliphatic heterocycles. The van der Waals surface area contributed by atoms with Crippen LogP contribution in [0, 0.1) is 6.92 Å². The van der Waals surface area contributed by atoms with Crippen molar-refractivity contribution in [2.75, 3.05) is 13.2 Å². The predicted molar refractivity (Wildman–Crippen MR) is 124 cm³/mol. The molecule has 1 atom stereocenters. The van der Waals surface area contributed by atoms with Crippen molar-refractivity contribution in [3.63, 3.8) is 0 Å². The van der Waals surface area contributed by atoms with Gasteiger partial charge in [-0.25, -0.2) is 4.98 Å². The Balaban J connectivity index is 1.73. The predicted octanol–water partition coefficient (Wildman–Crippen LogP) is 4.00. The highest BCUT2D eigenvalue weighted by Crippen LogP contribution is 2.33. The molecule has 0 aromatic carbocycles. The third-order valence-corrected chi connectivity index (χ3v) is 6.36. The fourth-order valence-electron chi connectivity index (χ4n) is 4.58. The van der Waals surface area contributed by atoms with E-state index >= 15 is 0 Å². The molecule has 7 nitrogen and oxygen atoms in total. The second-order valence-electron chi connectivity index (χ2n) is 8.55. The summed E-state index contributed by atoms with van der Waals surface area (Å²) in [6, 6.07) is 10.0. The molecule has 0 amide bonds. The molecular weight excluding hydrogens is 402 g/mol. The van der Waals surface area contributed by atoms with Crippen LogP contribution < -0.4 is 5.56 Å². The van der Waals surface area contributed by atoms with Crippen molar-refractivity contribution in [2.24, 2.45) is 7.05 Å². The van der Waals surface area contributed by atoms with E-state index in [0.29, 0.717) is 11.5 Å². The van der Waals surface area contributed by atoms with Gasteiger partial charge in [-0.3, -0.25) is 14.8 Å². The molecule has 0 N–H and O–H groups in total. The number of pyridine rings is 3. The van der Waals surface area contributed by atoms with Crippen LogP contribution in [0.25, 0.3) is 22.4 Å². The molecule has 4 aromatic rings. The van der Waals surface area contributed by atoms with Crippen LogP contribution in [0.1, 0.15) is 48.7 Å². The molecular formula is C25H27N5O2. The molecule has 32 heavy (non-hydrogen) atoms. The molecule has 4 aromatic heterocycles. The van der Waals surface area contributed by atoms with Crippen LogP contribution in [0.3, 0.4) is 0 Å². The highest BCUT2D eigenvalue weighted by atomic mass is 16.5. The van der Waals surface area contributed by atoms with Gasteiger partial charge in [-0.05, 0) is 51.0 Å². The van der Waals surface area contributed by atoms with E-state index < -0.39 is 0 Å². The number of aryl methyl sites for hydroxylation is 2. The van der Waals surface area contributed by atoms with E-state index in [2.05, 4.69) is 22.5 Å². The maximum atomic E-state index is 12.3. The van der Waals surface area contributed by atoms with Gasteiger partial charge in [0.25, 0.3) is 5.56 Å². The van der Waals surface area contributed by atoms with Crippen molar-refractivity contribution in [1.82, 2.24) is 24.1 Å². The molecule has 7 heteroatoms. The van der Waals surface area contributed by atoms with Crippen LogP contribution in [0.5, 0.6) is 0 Å². The van der Waals surface area contributed by atoms with E-state index in [1.807, 2.05) is 49.8 Å². The topological polar surface area (TPSA) is 74.8 Å². The Kier molecular flexibility index (Phi) is 5.35. The van der Waals surface area contributed by atoms with Gasteiger partial charge in [0.15, 0.2) is 0 Å². The Labute approximate surface area is 186 Å². The minimum atomic E-state index is -0.0429. The zero-order chi connectivity index (χ0) is 22.2. The van der Waals surface area contributed by atoms with Gasteiger partial charge >= 0.3 is 0 Å². The summed E-state index contributed by atoms with van der Waals surface area (Å²) in [7, 11) is 1.78. The third kappa shape index (κ3) is 3.62. The van der Waals surface area contributed by atoms with Gasteiger partial charge < -0.3 is 13.9 Å². The van der Waals surface area contributed by atoms with E-state index in [0.717, 1.165) is 59.9 Å². The molecule has 0 bridgehead atoms. The fourth-order valence-corrected chi connectivity index (χ4v) is 4.58. The maximum absolute atomic E-state index is 12.3. The zero-order valence-corrected chi connectivity index (χ0v) is 18.7. The van der Waals surface area contributed by atoms with Gasteiger partial charge in [0.2, 0.25) is 0 Å². The number of hydrogen-bond acceptors (Lipinski definition) is 5. The standard InChI is InChI=1S/C25H27N5O2/c1-16-12-19(15-29(3)25(16)31)24-28-22-14-27-21(18-7-10-32-11-8-18)13-23(22)30(24)17(2)20-6-4-5-9-26-20/h4-6,9,12-15,17-18H,7-8,10-11H2,1-3H3/t17-/m0/s1. The number of fused-ring (bicyclic) bond motifs is 1. The van der Waals surface area contributed by atoms with Crippen molar-refractivity contribution in [3.8, 4) is 11.4 Å². The van der Waals surface area contributed by atoms with Crippen LogP contribution in [0.4, 0.5) is 0 Å². The van der Waals surface area contributed by atoms with Gasteiger partial charge in [-0.15, -0.1) is 0 Å². The quantitative estimate of drug-likeness (QED) is 0.490. The average Bonchev–Trinajstić information content (AvgIpc) is 3.21. The number of imidazole rings is 1. The molecule has 5 rings (SSSR count). The Morgan fingerprint density at radius 1 is 1.16 bits per heavy atom. The summed E-state index contributed by atoms with van der Waals surface area (Å²) in [4.78, 5) is 26.6. The lowest BCUT2D eigenvalue weighted by atomic mass is 9.96.